The number of imide groups is 1. The van der Waals surface area contributed by atoms with E-state index >= 15 is 0 Å². The molecule has 8 heteroatoms. The Morgan fingerprint density at radius 1 is 1.15 bits per heavy atom. The molecule has 1 aromatic carbocycles. The van der Waals surface area contributed by atoms with E-state index in [2.05, 4.69) is 17.6 Å². The number of benzene rings is 1. The van der Waals surface area contributed by atoms with Crippen molar-refractivity contribution in [2.45, 2.75) is 39.7 Å². The molecule has 1 rings (SSSR count). The van der Waals surface area contributed by atoms with Crippen molar-refractivity contribution in [3.05, 3.63) is 23.8 Å². The molecule has 144 valence electrons. The van der Waals surface area contributed by atoms with Crippen LogP contribution in [0.1, 0.15) is 44.0 Å². The first-order valence-electron chi connectivity index (χ1n) is 8.53. The molecule has 0 bridgehead atoms. The zero-order chi connectivity index (χ0) is 19.5. The molecule has 0 saturated heterocycles. The monoisotopic (exact) mass is 366 g/mol. The maximum Gasteiger partial charge on any atom is 0.339 e. The highest BCUT2D eigenvalue weighted by Crippen LogP contribution is 2.28. The Kier molecular flexibility index (Phi) is 8.97. The van der Waals surface area contributed by atoms with Crippen LogP contribution in [0.4, 0.5) is 4.79 Å². The van der Waals surface area contributed by atoms with Gasteiger partial charge in [-0.25, -0.2) is 9.59 Å². The van der Waals surface area contributed by atoms with Gasteiger partial charge in [-0.15, -0.1) is 0 Å². The average Bonchev–Trinajstić information content (AvgIpc) is 2.62. The van der Waals surface area contributed by atoms with Crippen molar-refractivity contribution in [3.8, 4) is 11.5 Å². The molecular weight excluding hydrogens is 340 g/mol. The van der Waals surface area contributed by atoms with Crippen molar-refractivity contribution in [1.82, 2.24) is 10.6 Å². The molecule has 1 aromatic rings. The molecular formula is C18H26N2O6. The first-order chi connectivity index (χ1) is 12.4. The second-order valence-electron chi connectivity index (χ2n) is 5.46. The van der Waals surface area contributed by atoms with E-state index in [-0.39, 0.29) is 5.56 Å². The summed E-state index contributed by atoms with van der Waals surface area (Å²) in [6, 6.07) is 3.99. The quantitative estimate of drug-likeness (QED) is 0.513. The fourth-order valence-electron chi connectivity index (χ4n) is 1.94. The number of ether oxygens (including phenoxy) is 3. The van der Waals surface area contributed by atoms with Crippen molar-refractivity contribution in [3.63, 3.8) is 0 Å². The smallest absolute Gasteiger partial charge is 0.339 e. The minimum absolute atomic E-state index is 0.211. The second kappa shape index (κ2) is 11.0. The van der Waals surface area contributed by atoms with E-state index in [0.29, 0.717) is 24.7 Å². The number of unbranched alkanes of at least 4 members (excludes halogenated alkanes) is 1. The number of rotatable bonds is 9. The molecule has 3 amide bonds. The van der Waals surface area contributed by atoms with Crippen LogP contribution in [0.5, 0.6) is 11.5 Å². The van der Waals surface area contributed by atoms with E-state index in [9.17, 15) is 14.4 Å². The fraction of sp³-hybridized carbons (Fsp3) is 0.500. The van der Waals surface area contributed by atoms with Gasteiger partial charge in [0, 0.05) is 6.54 Å². The minimum atomic E-state index is -1.13. The van der Waals surface area contributed by atoms with Gasteiger partial charge in [0.2, 0.25) is 0 Å². The predicted molar refractivity (Wildman–Crippen MR) is 95.5 cm³/mol. The lowest BCUT2D eigenvalue weighted by atomic mass is 10.2. The Morgan fingerprint density at radius 3 is 2.50 bits per heavy atom. The molecule has 0 saturated carbocycles. The Labute approximate surface area is 153 Å². The van der Waals surface area contributed by atoms with E-state index in [1.54, 1.807) is 13.0 Å². The van der Waals surface area contributed by atoms with Crippen LogP contribution < -0.4 is 20.1 Å². The first kappa shape index (κ1) is 21.3. The summed E-state index contributed by atoms with van der Waals surface area (Å²) < 4.78 is 15.9. The summed E-state index contributed by atoms with van der Waals surface area (Å²) >= 11 is 0. The van der Waals surface area contributed by atoms with Crippen LogP contribution >= 0.6 is 0 Å². The van der Waals surface area contributed by atoms with Gasteiger partial charge in [0.15, 0.2) is 17.6 Å². The number of methoxy groups -OCH3 is 1. The molecule has 0 heterocycles. The molecule has 1 atom stereocenters. The summed E-state index contributed by atoms with van der Waals surface area (Å²) in [5.41, 5.74) is 0.211. The largest absolute Gasteiger partial charge is 0.493 e. The molecule has 0 radical (unpaired) electrons. The molecule has 2 N–H and O–H groups in total. The van der Waals surface area contributed by atoms with Gasteiger partial charge in [0.05, 0.1) is 19.3 Å². The number of hydrogen-bond acceptors (Lipinski definition) is 6. The average molecular weight is 366 g/mol. The number of carbonyl (C=O) groups excluding carboxylic acids is 3. The number of hydrogen-bond donors (Lipinski definition) is 2. The molecule has 0 aromatic heterocycles. The predicted octanol–water partition coefficient (Wildman–Crippen LogP) is 2.27. The molecule has 0 fully saturated rings. The topological polar surface area (TPSA) is 103 Å². The fourth-order valence-corrected chi connectivity index (χ4v) is 1.94. The van der Waals surface area contributed by atoms with Crippen LogP contribution in [0.25, 0.3) is 0 Å². The Hall–Kier alpha value is -2.77. The van der Waals surface area contributed by atoms with Gasteiger partial charge in [-0.05, 0) is 38.5 Å². The van der Waals surface area contributed by atoms with Crippen LogP contribution in [-0.4, -0.2) is 44.3 Å². The molecule has 0 spiro atoms. The summed E-state index contributed by atoms with van der Waals surface area (Å²) in [6.07, 6.45) is 0.783. The number of amides is 3. The van der Waals surface area contributed by atoms with E-state index in [4.69, 9.17) is 14.2 Å². The molecule has 0 aliphatic heterocycles. The maximum atomic E-state index is 12.2. The minimum Gasteiger partial charge on any atom is -0.493 e. The van der Waals surface area contributed by atoms with E-state index in [1.807, 2.05) is 0 Å². The molecule has 1 unspecified atom stereocenters. The van der Waals surface area contributed by atoms with Crippen molar-refractivity contribution in [1.29, 1.82) is 0 Å². The van der Waals surface area contributed by atoms with Crippen molar-refractivity contribution < 1.29 is 28.6 Å². The van der Waals surface area contributed by atoms with E-state index in [0.717, 1.165) is 12.8 Å². The van der Waals surface area contributed by atoms with Gasteiger partial charge in [-0.2, -0.15) is 0 Å². The highest BCUT2D eigenvalue weighted by atomic mass is 16.5. The van der Waals surface area contributed by atoms with Gasteiger partial charge in [-0.1, -0.05) is 13.3 Å². The third-order valence-electron chi connectivity index (χ3n) is 3.38. The van der Waals surface area contributed by atoms with Gasteiger partial charge >= 0.3 is 12.0 Å². The Bertz CT molecular complexity index is 632. The summed E-state index contributed by atoms with van der Waals surface area (Å²) in [6.45, 7) is 6.08. The number of urea groups is 1. The number of esters is 1. The summed E-state index contributed by atoms with van der Waals surface area (Å²) in [4.78, 5) is 35.4. The lowest BCUT2D eigenvalue weighted by molar-refractivity contribution is -0.127. The van der Waals surface area contributed by atoms with Crippen molar-refractivity contribution in [2.24, 2.45) is 0 Å². The summed E-state index contributed by atoms with van der Waals surface area (Å²) in [5.74, 6) is -0.493. The van der Waals surface area contributed by atoms with Gasteiger partial charge in [-0.3, -0.25) is 10.1 Å². The molecule has 26 heavy (non-hydrogen) atoms. The van der Waals surface area contributed by atoms with Gasteiger partial charge in [0.25, 0.3) is 5.91 Å². The van der Waals surface area contributed by atoms with Crippen LogP contribution in [0.3, 0.4) is 0 Å². The summed E-state index contributed by atoms with van der Waals surface area (Å²) in [5, 5.41) is 4.50. The lowest BCUT2D eigenvalue weighted by Crippen LogP contribution is -2.44. The highest BCUT2D eigenvalue weighted by Gasteiger charge is 2.21. The normalized spacial score (nSPS) is 11.2. The third kappa shape index (κ3) is 6.62. The zero-order valence-electron chi connectivity index (χ0n) is 15.6. The van der Waals surface area contributed by atoms with Gasteiger partial charge < -0.3 is 19.5 Å². The zero-order valence-corrected chi connectivity index (χ0v) is 15.6. The Balaban J connectivity index is 2.71. The molecule has 8 nitrogen and oxygen atoms in total. The number of carbonyl (C=O) groups is 3. The van der Waals surface area contributed by atoms with Crippen LogP contribution in [0, 0.1) is 0 Å². The van der Waals surface area contributed by atoms with Crippen LogP contribution in [0.15, 0.2) is 18.2 Å². The van der Waals surface area contributed by atoms with Crippen LogP contribution in [0.2, 0.25) is 0 Å². The van der Waals surface area contributed by atoms with Gasteiger partial charge in [0.1, 0.15) is 0 Å². The lowest BCUT2D eigenvalue weighted by Gasteiger charge is -2.14. The Morgan fingerprint density at radius 2 is 1.88 bits per heavy atom. The molecule has 0 aliphatic rings. The third-order valence-corrected chi connectivity index (χ3v) is 3.38. The standard InChI is InChI=1S/C18H26N2O6/c1-5-7-10-25-14-9-8-13(11-15(14)24-4)17(22)26-12(3)16(21)20-18(23)19-6-2/h8-9,11-12H,5-7,10H2,1-4H3,(H2,19,20,21,23). The summed E-state index contributed by atoms with van der Waals surface area (Å²) in [7, 11) is 1.47. The van der Waals surface area contributed by atoms with Crippen molar-refractivity contribution >= 4 is 17.9 Å². The first-order valence-corrected chi connectivity index (χ1v) is 8.53. The van der Waals surface area contributed by atoms with E-state index < -0.39 is 24.0 Å². The maximum absolute atomic E-state index is 12.2. The van der Waals surface area contributed by atoms with Crippen LogP contribution in [-0.2, 0) is 9.53 Å². The van der Waals surface area contributed by atoms with Crippen molar-refractivity contribution in [2.75, 3.05) is 20.3 Å². The highest BCUT2D eigenvalue weighted by molar-refractivity contribution is 5.98. The SMILES string of the molecule is CCCCOc1ccc(C(=O)OC(C)C(=O)NC(=O)NCC)cc1OC. The van der Waals surface area contributed by atoms with E-state index in [1.165, 1.54) is 26.2 Å². The molecule has 0 aliphatic carbocycles. The second-order valence-corrected chi connectivity index (χ2v) is 5.46. The number of nitrogens with one attached hydrogen (secondary N) is 2.